The minimum absolute atomic E-state index is 0.0155. The third-order valence-corrected chi connectivity index (χ3v) is 5.65. The van der Waals surface area contributed by atoms with Gasteiger partial charge in [0.2, 0.25) is 0 Å². The molecule has 4 rings (SSSR count). The Kier molecular flexibility index (Phi) is 5.25. The van der Waals surface area contributed by atoms with Crippen molar-refractivity contribution in [3.63, 3.8) is 0 Å². The fourth-order valence-corrected chi connectivity index (χ4v) is 4.03. The van der Waals surface area contributed by atoms with E-state index in [0.717, 1.165) is 41.5 Å². The molecule has 152 valence electrons. The van der Waals surface area contributed by atoms with Crippen LogP contribution in [0.15, 0.2) is 47.3 Å². The summed E-state index contributed by atoms with van der Waals surface area (Å²) in [5, 5.41) is 3.15. The van der Waals surface area contributed by atoms with Gasteiger partial charge in [0, 0.05) is 24.7 Å². The summed E-state index contributed by atoms with van der Waals surface area (Å²) in [5.41, 5.74) is 10.3. The van der Waals surface area contributed by atoms with E-state index in [9.17, 15) is 9.59 Å². The van der Waals surface area contributed by atoms with E-state index < -0.39 is 0 Å². The number of aromatic nitrogens is 2. The Morgan fingerprint density at radius 1 is 1.21 bits per heavy atom. The van der Waals surface area contributed by atoms with Gasteiger partial charge in [0.1, 0.15) is 0 Å². The molecule has 0 bridgehead atoms. The Bertz CT molecular complexity index is 1100. The van der Waals surface area contributed by atoms with Crippen LogP contribution in [0.4, 0.5) is 0 Å². The van der Waals surface area contributed by atoms with Crippen LogP contribution in [-0.4, -0.2) is 41.0 Å². The molecule has 0 aliphatic heterocycles. The molecule has 0 fully saturated rings. The number of likely N-dealkylation sites (N-methyl/N-ethyl adjacent to an activating group) is 1. The molecule has 2 atom stereocenters. The van der Waals surface area contributed by atoms with Crippen molar-refractivity contribution in [1.29, 1.82) is 0 Å². The van der Waals surface area contributed by atoms with Crippen molar-refractivity contribution in [2.24, 2.45) is 5.73 Å². The van der Waals surface area contributed by atoms with E-state index in [4.69, 9.17) is 5.73 Å². The minimum Gasteiger partial charge on any atom is -0.345 e. The van der Waals surface area contributed by atoms with Crippen LogP contribution in [0.5, 0.6) is 0 Å². The first-order valence-electron chi connectivity index (χ1n) is 9.96. The lowest BCUT2D eigenvalue weighted by atomic mass is 9.84. The molecule has 0 radical (unpaired) electrons. The maximum Gasteiger partial charge on any atom is 0.326 e. The van der Waals surface area contributed by atoms with Crippen LogP contribution in [0.1, 0.15) is 46.4 Å². The number of imidazole rings is 1. The van der Waals surface area contributed by atoms with Gasteiger partial charge >= 0.3 is 5.69 Å². The Balaban J connectivity index is 1.60. The van der Waals surface area contributed by atoms with E-state index in [1.807, 2.05) is 43.3 Å². The molecule has 2 aromatic carbocycles. The maximum atomic E-state index is 13.0. The average molecular weight is 393 g/mol. The molecule has 7 heteroatoms. The minimum atomic E-state index is -0.158. The quantitative estimate of drug-likeness (QED) is 0.619. The molecular formula is C22H27N5O2. The molecule has 0 spiro atoms. The molecule has 4 N–H and O–H groups in total. The SMILES string of the molecule is CN(C)CCn1c(=O)[nH]c2ccc(C(=O)NC3CCC(N)c4ccccc43)cc21. The number of hydrogen-bond donors (Lipinski definition) is 3. The highest BCUT2D eigenvalue weighted by Gasteiger charge is 2.26. The first-order valence-corrected chi connectivity index (χ1v) is 9.96. The van der Waals surface area contributed by atoms with Crippen molar-refractivity contribution >= 4 is 16.9 Å². The second-order valence-corrected chi connectivity index (χ2v) is 7.96. The maximum absolute atomic E-state index is 13.0. The van der Waals surface area contributed by atoms with Gasteiger partial charge in [-0.25, -0.2) is 4.79 Å². The molecule has 1 aromatic heterocycles. The van der Waals surface area contributed by atoms with E-state index in [1.54, 1.807) is 22.8 Å². The molecule has 29 heavy (non-hydrogen) atoms. The zero-order valence-electron chi connectivity index (χ0n) is 16.8. The summed E-state index contributed by atoms with van der Waals surface area (Å²) in [4.78, 5) is 30.2. The van der Waals surface area contributed by atoms with Gasteiger partial charge in [0.25, 0.3) is 5.91 Å². The van der Waals surface area contributed by atoms with E-state index >= 15 is 0 Å². The molecule has 1 heterocycles. The molecule has 7 nitrogen and oxygen atoms in total. The van der Waals surface area contributed by atoms with Crippen LogP contribution in [0.3, 0.4) is 0 Å². The van der Waals surface area contributed by atoms with Crippen LogP contribution >= 0.6 is 0 Å². The van der Waals surface area contributed by atoms with Gasteiger partial charge in [-0.1, -0.05) is 24.3 Å². The molecule has 1 aliphatic rings. The van der Waals surface area contributed by atoms with Crippen molar-refractivity contribution < 1.29 is 4.79 Å². The third-order valence-electron chi connectivity index (χ3n) is 5.65. The summed E-state index contributed by atoms with van der Waals surface area (Å²) < 4.78 is 1.68. The molecule has 0 saturated carbocycles. The molecule has 1 aliphatic carbocycles. The van der Waals surface area contributed by atoms with E-state index in [-0.39, 0.29) is 23.7 Å². The monoisotopic (exact) mass is 393 g/mol. The first-order chi connectivity index (χ1) is 13.9. The highest BCUT2D eigenvalue weighted by atomic mass is 16.2. The lowest BCUT2D eigenvalue weighted by molar-refractivity contribution is 0.0931. The number of H-pyrrole nitrogens is 1. The van der Waals surface area contributed by atoms with Gasteiger partial charge in [-0.2, -0.15) is 0 Å². The van der Waals surface area contributed by atoms with Crippen LogP contribution in [0.25, 0.3) is 11.0 Å². The number of aromatic amines is 1. The van der Waals surface area contributed by atoms with Crippen LogP contribution in [-0.2, 0) is 6.54 Å². The van der Waals surface area contributed by atoms with E-state index in [0.29, 0.717) is 12.1 Å². The number of fused-ring (bicyclic) bond motifs is 2. The number of rotatable bonds is 5. The molecule has 0 saturated heterocycles. The highest BCUT2D eigenvalue weighted by molar-refractivity contribution is 5.97. The van der Waals surface area contributed by atoms with Crippen molar-refractivity contribution in [1.82, 2.24) is 19.8 Å². The summed E-state index contributed by atoms with van der Waals surface area (Å²) in [7, 11) is 3.93. The number of nitrogens with one attached hydrogen (secondary N) is 2. The molecular weight excluding hydrogens is 366 g/mol. The van der Waals surface area contributed by atoms with Crippen molar-refractivity contribution in [3.05, 3.63) is 69.6 Å². The summed E-state index contributed by atoms with van der Waals surface area (Å²) in [6.07, 6.45) is 1.65. The van der Waals surface area contributed by atoms with Gasteiger partial charge in [-0.3, -0.25) is 9.36 Å². The number of benzene rings is 2. The van der Waals surface area contributed by atoms with Gasteiger partial charge in [0.05, 0.1) is 17.1 Å². The van der Waals surface area contributed by atoms with E-state index in [1.165, 1.54) is 0 Å². The summed E-state index contributed by atoms with van der Waals surface area (Å²) in [5.74, 6) is -0.144. The number of carbonyl (C=O) groups is 1. The summed E-state index contributed by atoms with van der Waals surface area (Å²) in [6.45, 7) is 1.30. The number of carbonyl (C=O) groups excluding carboxylic acids is 1. The lowest BCUT2D eigenvalue weighted by Gasteiger charge is -2.30. The standard InChI is InChI=1S/C22H27N5O2/c1-26(2)11-12-27-20-13-14(7-9-19(20)25-22(27)29)21(28)24-18-10-8-17(23)15-5-3-4-6-16(15)18/h3-7,9,13,17-18H,8,10-12,23H2,1-2H3,(H,24,28)(H,25,29). The zero-order valence-corrected chi connectivity index (χ0v) is 16.8. The van der Waals surface area contributed by atoms with Crippen molar-refractivity contribution in [2.75, 3.05) is 20.6 Å². The lowest BCUT2D eigenvalue weighted by Crippen LogP contribution is -2.33. The normalized spacial score (nSPS) is 18.8. The van der Waals surface area contributed by atoms with Crippen molar-refractivity contribution in [3.8, 4) is 0 Å². The van der Waals surface area contributed by atoms with Gasteiger partial charge in [0.15, 0.2) is 0 Å². The average Bonchev–Trinajstić information content (AvgIpc) is 3.02. The predicted molar refractivity (Wildman–Crippen MR) is 114 cm³/mol. The Morgan fingerprint density at radius 2 is 1.97 bits per heavy atom. The van der Waals surface area contributed by atoms with Crippen molar-refractivity contribution in [2.45, 2.75) is 31.5 Å². The summed E-state index contributed by atoms with van der Waals surface area (Å²) in [6, 6.07) is 13.3. The number of amides is 1. The van der Waals surface area contributed by atoms with Gasteiger partial charge < -0.3 is 20.9 Å². The van der Waals surface area contributed by atoms with Crippen LogP contribution in [0.2, 0.25) is 0 Å². The Morgan fingerprint density at radius 3 is 2.72 bits per heavy atom. The highest BCUT2D eigenvalue weighted by Crippen LogP contribution is 2.34. The molecule has 2 unspecified atom stereocenters. The van der Waals surface area contributed by atoms with Gasteiger partial charge in [-0.15, -0.1) is 0 Å². The van der Waals surface area contributed by atoms with Crippen LogP contribution < -0.4 is 16.7 Å². The third kappa shape index (κ3) is 3.83. The van der Waals surface area contributed by atoms with Gasteiger partial charge in [-0.05, 0) is 56.3 Å². The Hall–Kier alpha value is -2.90. The number of nitrogens with two attached hydrogens (primary N) is 1. The van der Waals surface area contributed by atoms with Crippen LogP contribution in [0, 0.1) is 0 Å². The zero-order chi connectivity index (χ0) is 20.5. The predicted octanol–water partition coefficient (Wildman–Crippen LogP) is 2.16. The first kappa shape index (κ1) is 19.4. The molecule has 1 amide bonds. The Labute approximate surface area is 169 Å². The largest absolute Gasteiger partial charge is 0.345 e. The smallest absolute Gasteiger partial charge is 0.326 e. The summed E-state index contributed by atoms with van der Waals surface area (Å²) >= 11 is 0. The molecule has 3 aromatic rings. The second-order valence-electron chi connectivity index (χ2n) is 7.96. The number of hydrogen-bond acceptors (Lipinski definition) is 4. The fourth-order valence-electron chi connectivity index (χ4n) is 4.03. The number of nitrogens with zero attached hydrogens (tertiary/aromatic N) is 2. The van der Waals surface area contributed by atoms with E-state index in [2.05, 4.69) is 10.3 Å². The fraction of sp³-hybridized carbons (Fsp3) is 0.364. The topological polar surface area (TPSA) is 96.1 Å². The second kappa shape index (κ2) is 7.85.